The quantitative estimate of drug-likeness (QED) is 0.707. The molecule has 0 aliphatic carbocycles. The highest BCUT2D eigenvalue weighted by Gasteiger charge is 2.35. The summed E-state index contributed by atoms with van der Waals surface area (Å²) in [5.41, 5.74) is 2.27. The van der Waals surface area contributed by atoms with Crippen LogP contribution in [0, 0.1) is 5.92 Å². The van der Waals surface area contributed by atoms with Gasteiger partial charge in [-0.2, -0.15) is 0 Å². The molecule has 0 N–H and O–H groups in total. The third-order valence-electron chi connectivity index (χ3n) is 6.12. The van der Waals surface area contributed by atoms with E-state index in [9.17, 15) is 4.79 Å². The van der Waals surface area contributed by atoms with Crippen molar-refractivity contribution in [2.45, 2.75) is 25.4 Å². The molecular weight excluding hydrogens is 348 g/mol. The van der Waals surface area contributed by atoms with Crippen LogP contribution in [0.4, 0.5) is 5.82 Å². The number of anilines is 1. The number of hydrogen-bond acceptors (Lipinski definition) is 4. The molecule has 1 saturated heterocycles. The number of pyridine rings is 2. The van der Waals surface area contributed by atoms with Crippen molar-refractivity contribution in [3.8, 4) is 0 Å². The Bertz CT molecular complexity index is 1080. The standard InChI is InChI=1S/C23H26N4O/c1-25(2)14-18-7-8-21-19-11-16(13-27(21)23(18)28)12-26(15-19)22-20-6-4-3-5-17(20)9-10-24-22/h3-10,16,19H,11-15H2,1-2H3/t16-,19+/m0/s1. The molecule has 3 aromatic rings. The summed E-state index contributed by atoms with van der Waals surface area (Å²) in [5, 5.41) is 2.44. The zero-order valence-corrected chi connectivity index (χ0v) is 16.5. The topological polar surface area (TPSA) is 41.4 Å². The van der Waals surface area contributed by atoms with Gasteiger partial charge in [0.25, 0.3) is 5.56 Å². The van der Waals surface area contributed by atoms with Crippen LogP contribution in [-0.4, -0.2) is 41.6 Å². The SMILES string of the molecule is CN(C)Cc1ccc2n(c1=O)C[C@H]1C[C@@H]2CN(c2nccc3ccccc23)C1. The fraction of sp³-hybridized carbons (Fsp3) is 0.391. The van der Waals surface area contributed by atoms with E-state index in [1.165, 1.54) is 16.5 Å². The van der Waals surface area contributed by atoms with Gasteiger partial charge in [0.1, 0.15) is 5.82 Å². The summed E-state index contributed by atoms with van der Waals surface area (Å²) >= 11 is 0. The highest BCUT2D eigenvalue weighted by Crippen LogP contribution is 2.38. The van der Waals surface area contributed by atoms with Crippen LogP contribution in [0.1, 0.15) is 23.6 Å². The molecule has 2 atom stereocenters. The smallest absolute Gasteiger partial charge is 0.255 e. The van der Waals surface area contributed by atoms with Crippen LogP contribution in [0.5, 0.6) is 0 Å². The van der Waals surface area contributed by atoms with Gasteiger partial charge in [-0.05, 0) is 44.0 Å². The average molecular weight is 374 g/mol. The Morgan fingerprint density at radius 1 is 1.07 bits per heavy atom. The summed E-state index contributed by atoms with van der Waals surface area (Å²) in [6.07, 6.45) is 3.07. The first-order valence-electron chi connectivity index (χ1n) is 10.1. The number of nitrogens with zero attached hydrogens (tertiary/aromatic N) is 4. The Morgan fingerprint density at radius 2 is 1.93 bits per heavy atom. The van der Waals surface area contributed by atoms with Gasteiger partial charge < -0.3 is 14.4 Å². The Kier molecular flexibility index (Phi) is 4.20. The molecule has 2 aromatic heterocycles. The molecule has 4 heterocycles. The lowest BCUT2D eigenvalue weighted by atomic mass is 9.83. The second-order valence-corrected chi connectivity index (χ2v) is 8.50. The van der Waals surface area contributed by atoms with Crippen molar-refractivity contribution in [3.05, 3.63) is 70.3 Å². The maximum atomic E-state index is 13.0. The van der Waals surface area contributed by atoms with Crippen molar-refractivity contribution in [2.24, 2.45) is 5.92 Å². The van der Waals surface area contributed by atoms with Crippen LogP contribution in [0.15, 0.2) is 53.5 Å². The van der Waals surface area contributed by atoms with E-state index in [0.717, 1.165) is 37.4 Å². The van der Waals surface area contributed by atoms with E-state index in [1.54, 1.807) is 0 Å². The van der Waals surface area contributed by atoms with Crippen LogP contribution < -0.4 is 10.5 Å². The lowest BCUT2D eigenvalue weighted by Gasteiger charge is -2.43. The van der Waals surface area contributed by atoms with E-state index < -0.39 is 0 Å². The summed E-state index contributed by atoms with van der Waals surface area (Å²) in [5.74, 6) is 1.95. The number of benzene rings is 1. The van der Waals surface area contributed by atoms with Gasteiger partial charge in [0, 0.05) is 54.9 Å². The molecule has 0 saturated carbocycles. The maximum Gasteiger partial charge on any atom is 0.255 e. The molecule has 0 unspecified atom stereocenters. The molecule has 5 nitrogen and oxygen atoms in total. The molecule has 2 aliphatic heterocycles. The first-order chi connectivity index (χ1) is 13.6. The monoisotopic (exact) mass is 374 g/mol. The molecule has 0 spiro atoms. The molecule has 0 amide bonds. The van der Waals surface area contributed by atoms with E-state index in [4.69, 9.17) is 4.98 Å². The number of piperidine rings is 1. The zero-order chi connectivity index (χ0) is 19.3. The summed E-state index contributed by atoms with van der Waals surface area (Å²) in [7, 11) is 4.01. The largest absolute Gasteiger partial charge is 0.355 e. The van der Waals surface area contributed by atoms with Gasteiger partial charge in [0.05, 0.1) is 0 Å². The van der Waals surface area contributed by atoms with E-state index in [1.807, 2.05) is 30.9 Å². The lowest BCUT2D eigenvalue weighted by molar-refractivity contribution is 0.279. The third-order valence-corrected chi connectivity index (χ3v) is 6.12. The molecule has 2 bridgehead atoms. The van der Waals surface area contributed by atoms with E-state index in [0.29, 0.717) is 18.4 Å². The molecule has 2 aliphatic rings. The number of rotatable bonds is 3. The third kappa shape index (κ3) is 2.90. The van der Waals surface area contributed by atoms with E-state index >= 15 is 0 Å². The average Bonchev–Trinajstić information content (AvgIpc) is 2.69. The Hall–Kier alpha value is -2.66. The van der Waals surface area contributed by atoms with Gasteiger partial charge in [0.15, 0.2) is 0 Å². The summed E-state index contributed by atoms with van der Waals surface area (Å²) in [4.78, 5) is 22.2. The summed E-state index contributed by atoms with van der Waals surface area (Å²) in [6, 6.07) is 14.8. The molecule has 1 fully saturated rings. The normalized spacial score (nSPS) is 21.2. The van der Waals surface area contributed by atoms with Crippen LogP contribution in [-0.2, 0) is 13.1 Å². The van der Waals surface area contributed by atoms with Crippen LogP contribution in [0.3, 0.4) is 0 Å². The summed E-state index contributed by atoms with van der Waals surface area (Å²) < 4.78 is 2.05. The highest BCUT2D eigenvalue weighted by molar-refractivity contribution is 5.92. The van der Waals surface area contributed by atoms with Crippen molar-refractivity contribution in [3.63, 3.8) is 0 Å². The molecule has 1 aromatic carbocycles. The predicted octanol–water partition coefficient (Wildman–Crippen LogP) is 3.08. The fourth-order valence-corrected chi connectivity index (χ4v) is 4.98. The highest BCUT2D eigenvalue weighted by atomic mass is 16.1. The van der Waals surface area contributed by atoms with Crippen molar-refractivity contribution in [1.29, 1.82) is 0 Å². The Morgan fingerprint density at radius 3 is 2.79 bits per heavy atom. The van der Waals surface area contributed by atoms with Gasteiger partial charge in [0.2, 0.25) is 0 Å². The van der Waals surface area contributed by atoms with E-state index in [2.05, 4.69) is 46.2 Å². The second kappa shape index (κ2) is 6.74. The molecule has 28 heavy (non-hydrogen) atoms. The van der Waals surface area contributed by atoms with Gasteiger partial charge >= 0.3 is 0 Å². The number of aromatic nitrogens is 2. The van der Waals surface area contributed by atoms with E-state index in [-0.39, 0.29) is 5.56 Å². The second-order valence-electron chi connectivity index (χ2n) is 8.50. The molecule has 0 radical (unpaired) electrons. The maximum absolute atomic E-state index is 13.0. The van der Waals surface area contributed by atoms with Gasteiger partial charge in [-0.1, -0.05) is 30.3 Å². The number of hydrogen-bond donors (Lipinski definition) is 0. The van der Waals surface area contributed by atoms with Gasteiger partial charge in [-0.25, -0.2) is 4.98 Å². The number of fused-ring (bicyclic) bond motifs is 5. The van der Waals surface area contributed by atoms with Gasteiger partial charge in [-0.15, -0.1) is 0 Å². The van der Waals surface area contributed by atoms with Crippen molar-refractivity contribution in [1.82, 2.24) is 14.5 Å². The van der Waals surface area contributed by atoms with Crippen LogP contribution in [0.2, 0.25) is 0 Å². The first-order valence-corrected chi connectivity index (χ1v) is 10.1. The van der Waals surface area contributed by atoms with Crippen molar-refractivity contribution < 1.29 is 0 Å². The molecule has 5 heteroatoms. The predicted molar refractivity (Wildman–Crippen MR) is 113 cm³/mol. The summed E-state index contributed by atoms with van der Waals surface area (Å²) in [6.45, 7) is 3.39. The minimum Gasteiger partial charge on any atom is -0.355 e. The Balaban J connectivity index is 1.51. The zero-order valence-electron chi connectivity index (χ0n) is 16.5. The van der Waals surface area contributed by atoms with Crippen molar-refractivity contribution >= 4 is 16.6 Å². The minimum atomic E-state index is 0.192. The van der Waals surface area contributed by atoms with Gasteiger partial charge in [-0.3, -0.25) is 4.79 Å². The Labute approximate surface area is 165 Å². The first kappa shape index (κ1) is 17.4. The lowest BCUT2D eigenvalue weighted by Crippen LogP contribution is -2.48. The molecule has 144 valence electrons. The van der Waals surface area contributed by atoms with Crippen LogP contribution >= 0.6 is 0 Å². The van der Waals surface area contributed by atoms with Crippen LogP contribution in [0.25, 0.3) is 10.8 Å². The van der Waals surface area contributed by atoms with Crippen molar-refractivity contribution in [2.75, 3.05) is 32.1 Å². The fourth-order valence-electron chi connectivity index (χ4n) is 4.98. The molecular formula is C23H26N4O. The minimum absolute atomic E-state index is 0.192. The molecule has 5 rings (SSSR count).